The highest BCUT2D eigenvalue weighted by molar-refractivity contribution is 5.40. The molecule has 1 aromatic rings. The molecule has 0 heterocycles. The van der Waals surface area contributed by atoms with Gasteiger partial charge in [-0.25, -0.2) is 0 Å². The smallest absolute Gasteiger partial charge is 0.0314 e. The molecule has 0 aliphatic rings. The van der Waals surface area contributed by atoms with Crippen LogP contribution in [0.4, 0.5) is 5.69 Å². The predicted octanol–water partition coefficient (Wildman–Crippen LogP) is 6.15. The van der Waals surface area contributed by atoms with E-state index >= 15 is 0 Å². The molecular weight excluding hydrogens is 242 g/mol. The Balaban J connectivity index is 2.30. The molecule has 0 unspecified atom stereocenters. The zero-order valence-corrected chi connectivity index (χ0v) is 13.7. The van der Waals surface area contributed by atoms with E-state index in [0.717, 1.165) is 11.6 Å². The van der Waals surface area contributed by atoms with E-state index < -0.39 is 0 Å². The van der Waals surface area contributed by atoms with Crippen LogP contribution in [-0.4, -0.2) is 0 Å². The van der Waals surface area contributed by atoms with E-state index in [1.807, 2.05) is 12.1 Å². The SMILES string of the molecule is CCCCCC[C@@H](CC)CC[C@@H](C)c1ccc(N)cc1. The zero-order chi connectivity index (χ0) is 14.8. The standard InChI is InChI=1S/C19H33N/c1-4-6-7-8-9-17(5-2)11-10-16(3)18-12-14-19(20)15-13-18/h12-17H,4-11,20H2,1-3H3/t16-,17-/m1/s1. The Morgan fingerprint density at radius 3 is 2.20 bits per heavy atom. The summed E-state index contributed by atoms with van der Waals surface area (Å²) < 4.78 is 0. The quantitative estimate of drug-likeness (QED) is 0.402. The second kappa shape index (κ2) is 9.85. The lowest BCUT2D eigenvalue weighted by Gasteiger charge is -2.18. The fourth-order valence-corrected chi connectivity index (χ4v) is 2.89. The van der Waals surface area contributed by atoms with Gasteiger partial charge in [0.1, 0.15) is 0 Å². The molecule has 1 rings (SSSR count). The number of unbranched alkanes of at least 4 members (excludes halogenated alkanes) is 3. The molecule has 0 fully saturated rings. The van der Waals surface area contributed by atoms with Crippen LogP contribution >= 0.6 is 0 Å². The van der Waals surface area contributed by atoms with Gasteiger partial charge in [-0.2, -0.15) is 0 Å². The van der Waals surface area contributed by atoms with Crippen molar-refractivity contribution in [1.82, 2.24) is 0 Å². The van der Waals surface area contributed by atoms with E-state index in [1.54, 1.807) is 0 Å². The van der Waals surface area contributed by atoms with Crippen LogP contribution in [0.1, 0.15) is 83.6 Å². The lowest BCUT2D eigenvalue weighted by molar-refractivity contribution is 0.391. The van der Waals surface area contributed by atoms with Gasteiger partial charge in [0.15, 0.2) is 0 Å². The summed E-state index contributed by atoms with van der Waals surface area (Å²) in [6, 6.07) is 8.41. The number of benzene rings is 1. The Morgan fingerprint density at radius 2 is 1.60 bits per heavy atom. The van der Waals surface area contributed by atoms with Crippen molar-refractivity contribution < 1.29 is 0 Å². The van der Waals surface area contributed by atoms with Crippen LogP contribution in [0.15, 0.2) is 24.3 Å². The number of anilines is 1. The first kappa shape index (κ1) is 17.1. The van der Waals surface area contributed by atoms with Gasteiger partial charge in [-0.15, -0.1) is 0 Å². The molecule has 0 spiro atoms. The largest absolute Gasteiger partial charge is 0.399 e. The molecule has 2 N–H and O–H groups in total. The van der Waals surface area contributed by atoms with Gasteiger partial charge in [-0.1, -0.05) is 71.4 Å². The first-order chi connectivity index (χ1) is 9.67. The van der Waals surface area contributed by atoms with Gasteiger partial charge in [-0.05, 0) is 42.4 Å². The lowest BCUT2D eigenvalue weighted by atomic mass is 9.88. The molecule has 0 aliphatic carbocycles. The summed E-state index contributed by atoms with van der Waals surface area (Å²) in [4.78, 5) is 0. The van der Waals surface area contributed by atoms with E-state index in [4.69, 9.17) is 5.73 Å². The second-order valence-electron chi connectivity index (χ2n) is 6.27. The predicted molar refractivity (Wildman–Crippen MR) is 91.0 cm³/mol. The number of hydrogen-bond acceptors (Lipinski definition) is 1. The molecule has 0 aromatic heterocycles. The maximum atomic E-state index is 5.75. The number of rotatable bonds is 10. The molecule has 2 atom stereocenters. The molecule has 0 saturated carbocycles. The van der Waals surface area contributed by atoms with Crippen LogP contribution in [0.25, 0.3) is 0 Å². The average molecular weight is 275 g/mol. The van der Waals surface area contributed by atoms with E-state index in [-0.39, 0.29) is 0 Å². The number of nitrogens with two attached hydrogens (primary N) is 1. The van der Waals surface area contributed by atoms with Gasteiger partial charge in [0.25, 0.3) is 0 Å². The summed E-state index contributed by atoms with van der Waals surface area (Å²) in [5.41, 5.74) is 8.04. The van der Waals surface area contributed by atoms with Crippen molar-refractivity contribution in [2.45, 2.75) is 78.1 Å². The van der Waals surface area contributed by atoms with Crippen molar-refractivity contribution in [3.63, 3.8) is 0 Å². The highest BCUT2D eigenvalue weighted by Gasteiger charge is 2.10. The molecular formula is C19H33N. The van der Waals surface area contributed by atoms with Crippen molar-refractivity contribution in [3.8, 4) is 0 Å². The lowest BCUT2D eigenvalue weighted by Crippen LogP contribution is -2.03. The molecule has 1 aromatic carbocycles. The van der Waals surface area contributed by atoms with Crippen LogP contribution in [0.2, 0.25) is 0 Å². The Labute approximate surface area is 126 Å². The van der Waals surface area contributed by atoms with Crippen LogP contribution in [0.5, 0.6) is 0 Å². The topological polar surface area (TPSA) is 26.0 Å². The van der Waals surface area contributed by atoms with Crippen molar-refractivity contribution in [2.75, 3.05) is 5.73 Å². The first-order valence-electron chi connectivity index (χ1n) is 8.52. The highest BCUT2D eigenvalue weighted by atomic mass is 14.5. The summed E-state index contributed by atoms with van der Waals surface area (Å²) in [6.45, 7) is 6.97. The summed E-state index contributed by atoms with van der Waals surface area (Å²) in [5.74, 6) is 1.57. The number of nitrogen functional groups attached to an aromatic ring is 1. The van der Waals surface area contributed by atoms with E-state index in [2.05, 4.69) is 32.9 Å². The third-order valence-corrected chi connectivity index (χ3v) is 4.56. The Morgan fingerprint density at radius 1 is 0.900 bits per heavy atom. The van der Waals surface area contributed by atoms with Crippen molar-refractivity contribution in [3.05, 3.63) is 29.8 Å². The maximum Gasteiger partial charge on any atom is 0.0314 e. The summed E-state index contributed by atoms with van der Waals surface area (Å²) in [7, 11) is 0. The van der Waals surface area contributed by atoms with Crippen molar-refractivity contribution in [1.29, 1.82) is 0 Å². The van der Waals surface area contributed by atoms with Crippen molar-refractivity contribution in [2.24, 2.45) is 5.92 Å². The second-order valence-corrected chi connectivity index (χ2v) is 6.27. The fraction of sp³-hybridized carbons (Fsp3) is 0.684. The Bertz CT molecular complexity index is 341. The van der Waals surface area contributed by atoms with Gasteiger partial charge in [0.2, 0.25) is 0 Å². The van der Waals surface area contributed by atoms with Crippen LogP contribution in [0.3, 0.4) is 0 Å². The molecule has 114 valence electrons. The third-order valence-electron chi connectivity index (χ3n) is 4.56. The minimum Gasteiger partial charge on any atom is -0.399 e. The molecule has 0 amide bonds. The minimum atomic E-state index is 0.653. The van der Waals surface area contributed by atoms with Gasteiger partial charge in [0, 0.05) is 5.69 Å². The normalized spacial score (nSPS) is 14.2. The van der Waals surface area contributed by atoms with Crippen LogP contribution in [-0.2, 0) is 0 Å². The third kappa shape index (κ3) is 6.45. The van der Waals surface area contributed by atoms with Gasteiger partial charge < -0.3 is 5.73 Å². The average Bonchev–Trinajstić information content (AvgIpc) is 2.47. The fourth-order valence-electron chi connectivity index (χ4n) is 2.89. The highest BCUT2D eigenvalue weighted by Crippen LogP contribution is 2.27. The van der Waals surface area contributed by atoms with Crippen molar-refractivity contribution >= 4 is 5.69 Å². The van der Waals surface area contributed by atoms with Gasteiger partial charge in [0.05, 0.1) is 0 Å². The summed E-state index contributed by atoms with van der Waals surface area (Å²) in [6.07, 6.45) is 11.0. The molecule has 0 saturated heterocycles. The van der Waals surface area contributed by atoms with Crippen LogP contribution in [0, 0.1) is 5.92 Å². The van der Waals surface area contributed by atoms with Crippen LogP contribution < -0.4 is 5.73 Å². The van der Waals surface area contributed by atoms with Gasteiger partial charge >= 0.3 is 0 Å². The first-order valence-corrected chi connectivity index (χ1v) is 8.52. The zero-order valence-electron chi connectivity index (χ0n) is 13.7. The minimum absolute atomic E-state index is 0.653. The van der Waals surface area contributed by atoms with E-state index in [0.29, 0.717) is 5.92 Å². The maximum absolute atomic E-state index is 5.75. The molecule has 1 nitrogen and oxygen atoms in total. The monoisotopic (exact) mass is 275 g/mol. The molecule has 0 bridgehead atoms. The summed E-state index contributed by atoms with van der Waals surface area (Å²) in [5, 5.41) is 0. The Kier molecular flexibility index (Phi) is 8.41. The van der Waals surface area contributed by atoms with E-state index in [9.17, 15) is 0 Å². The molecule has 0 radical (unpaired) electrons. The molecule has 20 heavy (non-hydrogen) atoms. The summed E-state index contributed by atoms with van der Waals surface area (Å²) >= 11 is 0. The Hall–Kier alpha value is -0.980. The number of hydrogen-bond donors (Lipinski definition) is 1. The van der Waals surface area contributed by atoms with E-state index in [1.165, 1.54) is 56.9 Å². The van der Waals surface area contributed by atoms with Gasteiger partial charge in [-0.3, -0.25) is 0 Å². The molecule has 1 heteroatoms. The molecule has 0 aliphatic heterocycles.